The van der Waals surface area contributed by atoms with Crippen LogP contribution in [0.2, 0.25) is 0 Å². The van der Waals surface area contributed by atoms with Gasteiger partial charge in [0, 0.05) is 18.1 Å². The number of rotatable bonds is 5. The van der Waals surface area contributed by atoms with Crippen LogP contribution in [0.5, 0.6) is 0 Å². The number of anilines is 1. The summed E-state index contributed by atoms with van der Waals surface area (Å²) in [6, 6.07) is 12.2. The van der Waals surface area contributed by atoms with Crippen molar-refractivity contribution in [1.82, 2.24) is 9.55 Å². The van der Waals surface area contributed by atoms with E-state index in [-0.39, 0.29) is 5.91 Å². The number of hydrogen-bond donors (Lipinski definition) is 1. The fourth-order valence-electron chi connectivity index (χ4n) is 2.85. The van der Waals surface area contributed by atoms with E-state index in [2.05, 4.69) is 42.3 Å². The molecule has 5 heteroatoms. The van der Waals surface area contributed by atoms with Gasteiger partial charge in [0.05, 0.1) is 11.4 Å². The van der Waals surface area contributed by atoms with Crippen molar-refractivity contribution in [2.45, 2.75) is 32.9 Å². The number of imidazole rings is 1. The summed E-state index contributed by atoms with van der Waals surface area (Å²) in [6.07, 6.45) is 3.71. The van der Waals surface area contributed by atoms with Gasteiger partial charge in [-0.3, -0.25) is 9.36 Å². The van der Waals surface area contributed by atoms with E-state index in [0.29, 0.717) is 5.75 Å². The van der Waals surface area contributed by atoms with Gasteiger partial charge in [-0.2, -0.15) is 0 Å². The van der Waals surface area contributed by atoms with Gasteiger partial charge in [0.2, 0.25) is 5.91 Å². The van der Waals surface area contributed by atoms with Gasteiger partial charge < -0.3 is 5.32 Å². The number of nitrogens with zero attached hydrogens (tertiary/aromatic N) is 2. The topological polar surface area (TPSA) is 46.9 Å². The summed E-state index contributed by atoms with van der Waals surface area (Å²) in [7, 11) is 0. The molecule has 1 heterocycles. The normalized spacial score (nSPS) is 10.8. The molecule has 0 saturated heterocycles. The maximum Gasteiger partial charge on any atom is 0.234 e. The summed E-state index contributed by atoms with van der Waals surface area (Å²) in [6.45, 7) is 8.25. The maximum atomic E-state index is 12.3. The summed E-state index contributed by atoms with van der Waals surface area (Å²) in [5.41, 5.74) is 6.66. The largest absolute Gasteiger partial charge is 0.325 e. The fraction of sp³-hybridized carbons (Fsp3) is 0.238. The maximum absolute atomic E-state index is 12.3. The molecule has 0 spiro atoms. The molecule has 0 aliphatic rings. The van der Waals surface area contributed by atoms with E-state index in [1.54, 1.807) is 6.20 Å². The van der Waals surface area contributed by atoms with Crippen LogP contribution in [0, 0.1) is 27.7 Å². The molecule has 0 bridgehead atoms. The summed E-state index contributed by atoms with van der Waals surface area (Å²) in [5.74, 6) is 0.285. The number of aryl methyl sites for hydroxylation is 3. The Bertz CT molecular complexity index is 946. The van der Waals surface area contributed by atoms with Crippen molar-refractivity contribution in [2.24, 2.45) is 0 Å². The number of carbonyl (C=O) groups is 1. The molecule has 4 nitrogen and oxygen atoms in total. The van der Waals surface area contributed by atoms with Crippen LogP contribution in [-0.2, 0) is 4.79 Å². The van der Waals surface area contributed by atoms with Crippen LogP contribution >= 0.6 is 11.8 Å². The standard InChI is InChI=1S/C21H23N3OS/c1-14-8-9-18(16(3)12-14)23-20(25)13-26-21-22-10-11-24(21)19-7-5-6-15(2)17(19)4/h5-12H,13H2,1-4H3,(H,23,25). The Balaban J connectivity index is 1.70. The van der Waals surface area contributed by atoms with Gasteiger partial charge in [-0.15, -0.1) is 0 Å². The van der Waals surface area contributed by atoms with Crippen molar-refractivity contribution in [1.29, 1.82) is 0 Å². The van der Waals surface area contributed by atoms with E-state index >= 15 is 0 Å². The molecule has 3 rings (SSSR count). The first-order chi connectivity index (χ1) is 12.5. The van der Waals surface area contributed by atoms with Crippen molar-refractivity contribution < 1.29 is 4.79 Å². The second-order valence-electron chi connectivity index (χ2n) is 6.45. The van der Waals surface area contributed by atoms with E-state index in [1.807, 2.05) is 42.8 Å². The molecule has 1 N–H and O–H groups in total. The lowest BCUT2D eigenvalue weighted by molar-refractivity contribution is -0.113. The van der Waals surface area contributed by atoms with E-state index in [1.165, 1.54) is 28.5 Å². The molecule has 0 fully saturated rings. The van der Waals surface area contributed by atoms with Crippen LogP contribution in [0.15, 0.2) is 53.9 Å². The highest BCUT2D eigenvalue weighted by molar-refractivity contribution is 7.99. The minimum absolute atomic E-state index is 0.0301. The molecule has 2 aromatic carbocycles. The molecule has 3 aromatic rings. The third-order valence-corrected chi connectivity index (χ3v) is 5.40. The number of aromatic nitrogens is 2. The molecule has 1 amide bonds. The Hall–Kier alpha value is -2.53. The minimum Gasteiger partial charge on any atom is -0.325 e. The number of carbonyl (C=O) groups excluding carboxylic acids is 1. The minimum atomic E-state index is -0.0301. The first-order valence-corrected chi connectivity index (χ1v) is 9.54. The van der Waals surface area contributed by atoms with E-state index in [0.717, 1.165) is 22.1 Å². The highest BCUT2D eigenvalue weighted by Gasteiger charge is 2.12. The van der Waals surface area contributed by atoms with Gasteiger partial charge >= 0.3 is 0 Å². The van der Waals surface area contributed by atoms with Crippen LogP contribution in [-0.4, -0.2) is 21.2 Å². The summed E-state index contributed by atoms with van der Waals surface area (Å²) < 4.78 is 2.04. The predicted molar refractivity (Wildman–Crippen MR) is 108 cm³/mol. The molecule has 1 aromatic heterocycles. The molecule has 0 atom stereocenters. The Labute approximate surface area is 158 Å². The smallest absolute Gasteiger partial charge is 0.234 e. The molecular weight excluding hydrogens is 342 g/mol. The summed E-state index contributed by atoms with van der Waals surface area (Å²) in [4.78, 5) is 16.8. The van der Waals surface area contributed by atoms with Crippen LogP contribution in [0.25, 0.3) is 5.69 Å². The first kappa shape index (κ1) is 18.3. The van der Waals surface area contributed by atoms with Crippen LogP contribution < -0.4 is 5.32 Å². The van der Waals surface area contributed by atoms with Gasteiger partial charge in [0.25, 0.3) is 0 Å². The number of hydrogen-bond acceptors (Lipinski definition) is 3. The number of nitrogens with one attached hydrogen (secondary N) is 1. The molecular formula is C21H23N3OS. The van der Waals surface area contributed by atoms with Crippen molar-refractivity contribution in [2.75, 3.05) is 11.1 Å². The summed E-state index contributed by atoms with van der Waals surface area (Å²) in [5, 5.41) is 3.80. The number of thioether (sulfide) groups is 1. The second-order valence-corrected chi connectivity index (χ2v) is 7.40. The van der Waals surface area contributed by atoms with Crippen molar-refractivity contribution in [3.05, 3.63) is 71.0 Å². The fourth-order valence-corrected chi connectivity index (χ4v) is 3.61. The van der Waals surface area contributed by atoms with Crippen molar-refractivity contribution in [3.8, 4) is 5.69 Å². The van der Waals surface area contributed by atoms with E-state index in [9.17, 15) is 4.79 Å². The molecule has 0 saturated carbocycles. The predicted octanol–water partition coefficient (Wildman–Crippen LogP) is 4.84. The van der Waals surface area contributed by atoms with Gasteiger partial charge in [-0.1, -0.05) is 41.6 Å². The zero-order valence-corrected chi connectivity index (χ0v) is 16.4. The van der Waals surface area contributed by atoms with Crippen LogP contribution in [0.4, 0.5) is 5.69 Å². The molecule has 0 unspecified atom stereocenters. The quantitative estimate of drug-likeness (QED) is 0.658. The zero-order valence-electron chi connectivity index (χ0n) is 15.5. The van der Waals surface area contributed by atoms with Gasteiger partial charge in [0.15, 0.2) is 5.16 Å². The Morgan fingerprint density at radius 3 is 2.69 bits per heavy atom. The third-order valence-electron chi connectivity index (χ3n) is 4.43. The lowest BCUT2D eigenvalue weighted by Gasteiger charge is -2.12. The van der Waals surface area contributed by atoms with Crippen molar-refractivity contribution in [3.63, 3.8) is 0 Å². The molecule has 0 radical (unpaired) electrons. The highest BCUT2D eigenvalue weighted by atomic mass is 32.2. The molecule has 0 aliphatic heterocycles. The van der Waals surface area contributed by atoms with Crippen molar-refractivity contribution >= 4 is 23.4 Å². The average Bonchev–Trinajstić information content (AvgIpc) is 3.06. The molecule has 0 aliphatic carbocycles. The Morgan fingerprint density at radius 2 is 1.92 bits per heavy atom. The lowest BCUT2D eigenvalue weighted by Crippen LogP contribution is -2.15. The summed E-state index contributed by atoms with van der Waals surface area (Å²) >= 11 is 1.44. The monoisotopic (exact) mass is 365 g/mol. The van der Waals surface area contributed by atoms with Gasteiger partial charge in [0.1, 0.15) is 0 Å². The lowest BCUT2D eigenvalue weighted by atomic mass is 10.1. The highest BCUT2D eigenvalue weighted by Crippen LogP contribution is 2.24. The van der Waals surface area contributed by atoms with E-state index in [4.69, 9.17) is 0 Å². The Kier molecular flexibility index (Phi) is 5.47. The van der Waals surface area contributed by atoms with Gasteiger partial charge in [-0.05, 0) is 56.5 Å². The van der Waals surface area contributed by atoms with Gasteiger partial charge in [-0.25, -0.2) is 4.98 Å². The van der Waals surface area contributed by atoms with Crippen LogP contribution in [0.3, 0.4) is 0 Å². The first-order valence-electron chi connectivity index (χ1n) is 8.55. The SMILES string of the molecule is Cc1ccc(NC(=O)CSc2nccn2-c2cccc(C)c2C)c(C)c1. The van der Waals surface area contributed by atoms with Crippen LogP contribution in [0.1, 0.15) is 22.3 Å². The molecule has 26 heavy (non-hydrogen) atoms. The number of benzene rings is 2. The average molecular weight is 366 g/mol. The second kappa shape index (κ2) is 7.79. The third kappa shape index (κ3) is 3.99. The molecule has 134 valence electrons. The Morgan fingerprint density at radius 1 is 1.12 bits per heavy atom. The zero-order chi connectivity index (χ0) is 18.7. The number of amides is 1. The van der Waals surface area contributed by atoms with E-state index < -0.39 is 0 Å².